The summed E-state index contributed by atoms with van der Waals surface area (Å²) in [4.78, 5) is 0. The van der Waals surface area contributed by atoms with E-state index < -0.39 is 0 Å². The predicted molar refractivity (Wildman–Crippen MR) is 69.8 cm³/mol. The molecule has 2 rings (SSSR count). The molecule has 0 amide bonds. The molecule has 1 aromatic carbocycles. The number of hydrogen-bond acceptors (Lipinski definition) is 1. The van der Waals surface area contributed by atoms with Gasteiger partial charge >= 0.3 is 0 Å². The molecule has 2 unspecified atom stereocenters. The molecule has 0 aliphatic heterocycles. The highest BCUT2D eigenvalue weighted by Gasteiger charge is 2.50. The van der Waals surface area contributed by atoms with Gasteiger partial charge in [-0.05, 0) is 48.4 Å². The van der Waals surface area contributed by atoms with Gasteiger partial charge in [-0.25, -0.2) is 0 Å². The van der Waals surface area contributed by atoms with Gasteiger partial charge in [0.1, 0.15) is 0 Å². The number of rotatable bonds is 5. The Bertz CT molecular complexity index is 341. The van der Waals surface area contributed by atoms with Gasteiger partial charge in [0, 0.05) is 0 Å². The van der Waals surface area contributed by atoms with Crippen LogP contribution in [-0.4, -0.2) is 13.1 Å². The number of hydrogen-bond donors (Lipinski definition) is 1. The first-order chi connectivity index (χ1) is 7.70. The fraction of sp³-hybridized carbons (Fsp3) is 0.600. The van der Waals surface area contributed by atoms with Crippen LogP contribution in [0.25, 0.3) is 0 Å². The van der Waals surface area contributed by atoms with Gasteiger partial charge in [0.2, 0.25) is 0 Å². The maximum absolute atomic E-state index is 3.46. The van der Waals surface area contributed by atoms with Crippen LogP contribution >= 0.6 is 0 Å². The Balaban J connectivity index is 2.02. The SMILES string of the molecule is CCNCC1CC1(C)c1ccc(CC)cc1. The molecule has 0 aromatic heterocycles. The summed E-state index contributed by atoms with van der Waals surface area (Å²) >= 11 is 0. The molecule has 1 aliphatic rings. The van der Waals surface area contributed by atoms with Gasteiger partial charge in [-0.2, -0.15) is 0 Å². The minimum atomic E-state index is 0.439. The summed E-state index contributed by atoms with van der Waals surface area (Å²) in [6.07, 6.45) is 2.48. The van der Waals surface area contributed by atoms with Crippen molar-refractivity contribution in [1.82, 2.24) is 5.32 Å². The van der Waals surface area contributed by atoms with E-state index in [1.807, 2.05) is 0 Å². The first-order valence-corrected chi connectivity index (χ1v) is 6.50. The Labute approximate surface area is 99.3 Å². The highest BCUT2D eigenvalue weighted by molar-refractivity contribution is 5.34. The summed E-state index contributed by atoms with van der Waals surface area (Å²) in [5.41, 5.74) is 3.40. The molecule has 1 aliphatic carbocycles. The lowest BCUT2D eigenvalue weighted by atomic mass is 9.94. The van der Waals surface area contributed by atoms with Crippen LogP contribution < -0.4 is 5.32 Å². The average Bonchev–Trinajstić information content (AvgIpc) is 2.99. The highest BCUT2D eigenvalue weighted by Crippen LogP contribution is 2.53. The topological polar surface area (TPSA) is 12.0 Å². The third kappa shape index (κ3) is 2.15. The summed E-state index contributed by atoms with van der Waals surface area (Å²) in [6.45, 7) is 9.04. The Kier molecular flexibility index (Phi) is 3.34. The molecule has 0 heterocycles. The van der Waals surface area contributed by atoms with E-state index in [0.717, 1.165) is 18.9 Å². The first kappa shape index (κ1) is 11.7. The van der Waals surface area contributed by atoms with Crippen molar-refractivity contribution >= 4 is 0 Å². The zero-order valence-corrected chi connectivity index (χ0v) is 10.7. The molecule has 1 saturated carbocycles. The molecule has 88 valence electrons. The molecule has 0 bridgehead atoms. The van der Waals surface area contributed by atoms with Crippen LogP contribution in [-0.2, 0) is 11.8 Å². The zero-order chi connectivity index (χ0) is 11.6. The van der Waals surface area contributed by atoms with Crippen molar-refractivity contribution in [1.29, 1.82) is 0 Å². The number of benzene rings is 1. The van der Waals surface area contributed by atoms with E-state index in [1.165, 1.54) is 24.1 Å². The predicted octanol–water partition coefficient (Wildman–Crippen LogP) is 3.14. The molecule has 1 fully saturated rings. The summed E-state index contributed by atoms with van der Waals surface area (Å²) in [5, 5.41) is 3.46. The largest absolute Gasteiger partial charge is 0.317 e. The van der Waals surface area contributed by atoms with Crippen molar-refractivity contribution in [3.05, 3.63) is 35.4 Å². The number of aryl methyl sites for hydroxylation is 1. The second-order valence-corrected chi connectivity index (χ2v) is 5.18. The van der Waals surface area contributed by atoms with Crippen molar-refractivity contribution in [2.75, 3.05) is 13.1 Å². The lowest BCUT2D eigenvalue weighted by Crippen LogP contribution is -2.19. The monoisotopic (exact) mass is 217 g/mol. The third-order valence-corrected chi connectivity index (χ3v) is 4.07. The van der Waals surface area contributed by atoms with Crippen molar-refractivity contribution in [2.45, 2.75) is 39.0 Å². The summed E-state index contributed by atoms with van der Waals surface area (Å²) in [5.74, 6) is 0.833. The second-order valence-electron chi connectivity index (χ2n) is 5.18. The molecule has 0 spiro atoms. The molecular weight excluding hydrogens is 194 g/mol. The van der Waals surface area contributed by atoms with Crippen LogP contribution in [0.15, 0.2) is 24.3 Å². The first-order valence-electron chi connectivity index (χ1n) is 6.50. The Morgan fingerprint density at radius 3 is 2.50 bits per heavy atom. The smallest absolute Gasteiger partial charge is 0.00119 e. The fourth-order valence-corrected chi connectivity index (χ4v) is 2.54. The van der Waals surface area contributed by atoms with Crippen LogP contribution in [0.4, 0.5) is 0 Å². The van der Waals surface area contributed by atoms with Gasteiger partial charge < -0.3 is 5.32 Å². The maximum atomic E-state index is 3.46. The van der Waals surface area contributed by atoms with E-state index in [2.05, 4.69) is 50.4 Å². The van der Waals surface area contributed by atoms with E-state index in [-0.39, 0.29) is 0 Å². The summed E-state index contributed by atoms with van der Waals surface area (Å²) in [7, 11) is 0. The molecule has 2 atom stereocenters. The standard InChI is InChI=1S/C15H23N/c1-4-12-6-8-13(9-7-12)15(3)10-14(15)11-16-5-2/h6-9,14,16H,4-5,10-11H2,1-3H3. The number of nitrogens with one attached hydrogen (secondary N) is 1. The van der Waals surface area contributed by atoms with Crippen LogP contribution in [0.3, 0.4) is 0 Å². The van der Waals surface area contributed by atoms with Crippen molar-refractivity contribution < 1.29 is 0 Å². The highest BCUT2D eigenvalue weighted by atomic mass is 14.9. The molecule has 1 nitrogen and oxygen atoms in total. The lowest BCUT2D eigenvalue weighted by molar-refractivity contribution is 0.591. The van der Waals surface area contributed by atoms with Crippen molar-refractivity contribution in [2.24, 2.45) is 5.92 Å². The van der Waals surface area contributed by atoms with Gasteiger partial charge in [0.15, 0.2) is 0 Å². The van der Waals surface area contributed by atoms with Crippen LogP contribution in [0.2, 0.25) is 0 Å². The van der Waals surface area contributed by atoms with Gasteiger partial charge in [0.25, 0.3) is 0 Å². The van der Waals surface area contributed by atoms with E-state index >= 15 is 0 Å². The van der Waals surface area contributed by atoms with Crippen LogP contribution in [0.5, 0.6) is 0 Å². The fourth-order valence-electron chi connectivity index (χ4n) is 2.54. The van der Waals surface area contributed by atoms with Crippen LogP contribution in [0.1, 0.15) is 38.3 Å². The van der Waals surface area contributed by atoms with Crippen molar-refractivity contribution in [3.63, 3.8) is 0 Å². The maximum Gasteiger partial charge on any atom is -0.00119 e. The van der Waals surface area contributed by atoms with Crippen LogP contribution in [0, 0.1) is 5.92 Å². The van der Waals surface area contributed by atoms with Gasteiger partial charge in [0.05, 0.1) is 0 Å². The zero-order valence-electron chi connectivity index (χ0n) is 10.7. The van der Waals surface area contributed by atoms with Gasteiger partial charge in [-0.15, -0.1) is 0 Å². The molecule has 0 radical (unpaired) electrons. The van der Waals surface area contributed by atoms with Gasteiger partial charge in [-0.1, -0.05) is 45.0 Å². The summed E-state index contributed by atoms with van der Waals surface area (Å²) in [6, 6.07) is 9.21. The molecule has 1 aromatic rings. The Morgan fingerprint density at radius 1 is 1.25 bits per heavy atom. The second kappa shape index (κ2) is 4.58. The Morgan fingerprint density at radius 2 is 1.94 bits per heavy atom. The molecule has 16 heavy (non-hydrogen) atoms. The molecule has 0 saturated heterocycles. The normalized spacial score (nSPS) is 28.1. The lowest BCUT2D eigenvalue weighted by Gasteiger charge is -2.12. The molecule has 1 heteroatoms. The average molecular weight is 217 g/mol. The minimum Gasteiger partial charge on any atom is -0.317 e. The van der Waals surface area contributed by atoms with E-state index in [1.54, 1.807) is 0 Å². The van der Waals surface area contributed by atoms with E-state index in [9.17, 15) is 0 Å². The van der Waals surface area contributed by atoms with E-state index in [0.29, 0.717) is 5.41 Å². The van der Waals surface area contributed by atoms with Crippen molar-refractivity contribution in [3.8, 4) is 0 Å². The Hall–Kier alpha value is -0.820. The molecular formula is C15H23N. The summed E-state index contributed by atoms with van der Waals surface area (Å²) < 4.78 is 0. The van der Waals surface area contributed by atoms with Gasteiger partial charge in [-0.3, -0.25) is 0 Å². The quantitative estimate of drug-likeness (QED) is 0.799. The van der Waals surface area contributed by atoms with E-state index in [4.69, 9.17) is 0 Å². The molecule has 1 N–H and O–H groups in total. The third-order valence-electron chi connectivity index (χ3n) is 4.07. The minimum absolute atomic E-state index is 0.439.